The molecular formula is C18H17NO3. The molecule has 1 aliphatic carbocycles. The van der Waals surface area contributed by atoms with Crippen LogP contribution in [0.5, 0.6) is 5.75 Å². The summed E-state index contributed by atoms with van der Waals surface area (Å²) in [5, 5.41) is 9.98. The van der Waals surface area contributed by atoms with Crippen molar-refractivity contribution in [3.63, 3.8) is 0 Å². The smallest absolute Gasteiger partial charge is 0.194 e. The number of nitrogens with zero attached hydrogens (tertiary/aromatic N) is 1. The van der Waals surface area contributed by atoms with E-state index in [-0.39, 0.29) is 12.4 Å². The SMILES string of the molecule is O=C1c2ccccc2-c2c(OCC(O)CN3CC3)cccc21. The molecule has 1 unspecified atom stereocenters. The van der Waals surface area contributed by atoms with Gasteiger partial charge in [-0.2, -0.15) is 0 Å². The lowest BCUT2D eigenvalue weighted by atomic mass is 10.0. The minimum atomic E-state index is -0.509. The van der Waals surface area contributed by atoms with Crippen LogP contribution in [0.4, 0.5) is 0 Å². The van der Waals surface area contributed by atoms with Gasteiger partial charge in [0.15, 0.2) is 5.78 Å². The highest BCUT2D eigenvalue weighted by molar-refractivity contribution is 6.22. The molecule has 1 saturated heterocycles. The van der Waals surface area contributed by atoms with Crippen LogP contribution in [0.2, 0.25) is 0 Å². The number of carbonyl (C=O) groups is 1. The van der Waals surface area contributed by atoms with Crippen LogP contribution < -0.4 is 4.74 Å². The van der Waals surface area contributed by atoms with Crippen LogP contribution in [0, 0.1) is 0 Å². The molecule has 22 heavy (non-hydrogen) atoms. The summed E-state index contributed by atoms with van der Waals surface area (Å²) in [6.07, 6.45) is -0.509. The third kappa shape index (κ3) is 2.30. The summed E-state index contributed by atoms with van der Waals surface area (Å²) in [7, 11) is 0. The van der Waals surface area contributed by atoms with Gasteiger partial charge >= 0.3 is 0 Å². The Labute approximate surface area is 128 Å². The maximum Gasteiger partial charge on any atom is 0.194 e. The lowest BCUT2D eigenvalue weighted by Crippen LogP contribution is -2.26. The first-order chi connectivity index (χ1) is 10.7. The predicted octanol–water partition coefficient (Wildman–Crippen LogP) is 1.95. The number of hydrogen-bond acceptors (Lipinski definition) is 4. The zero-order valence-electron chi connectivity index (χ0n) is 12.2. The number of β-amino-alcohol motifs (C(OH)–C–C–N with tert-alkyl or cyclic N) is 1. The van der Waals surface area contributed by atoms with Crippen LogP contribution in [-0.2, 0) is 0 Å². The van der Waals surface area contributed by atoms with Gasteiger partial charge in [0.1, 0.15) is 18.5 Å². The lowest BCUT2D eigenvalue weighted by molar-refractivity contribution is 0.0945. The van der Waals surface area contributed by atoms with E-state index in [2.05, 4.69) is 4.90 Å². The third-order valence-electron chi connectivity index (χ3n) is 4.15. The molecule has 0 saturated carbocycles. The first kappa shape index (κ1) is 13.5. The number of rotatable bonds is 5. The highest BCUT2D eigenvalue weighted by Crippen LogP contribution is 2.42. The van der Waals surface area contributed by atoms with Gasteiger partial charge in [-0.1, -0.05) is 36.4 Å². The zero-order valence-corrected chi connectivity index (χ0v) is 12.2. The minimum Gasteiger partial charge on any atom is -0.490 e. The summed E-state index contributed by atoms with van der Waals surface area (Å²) in [5.41, 5.74) is 3.16. The van der Waals surface area contributed by atoms with Crippen LogP contribution >= 0.6 is 0 Å². The molecule has 0 radical (unpaired) electrons. The van der Waals surface area contributed by atoms with E-state index in [0.717, 1.165) is 29.8 Å². The van der Waals surface area contributed by atoms with E-state index in [0.29, 0.717) is 17.9 Å². The maximum absolute atomic E-state index is 12.4. The molecule has 0 aromatic heterocycles. The standard InChI is InChI=1S/C18H17NO3/c20-12(10-19-8-9-19)11-22-16-7-3-6-15-17(16)13-4-1-2-5-14(13)18(15)21/h1-7,12,20H,8-11H2. The maximum atomic E-state index is 12.4. The van der Waals surface area contributed by atoms with Gasteiger partial charge in [-0.15, -0.1) is 0 Å². The molecule has 0 spiro atoms. The van der Waals surface area contributed by atoms with E-state index in [1.807, 2.05) is 42.5 Å². The summed E-state index contributed by atoms with van der Waals surface area (Å²) in [6, 6.07) is 13.1. The summed E-state index contributed by atoms with van der Waals surface area (Å²) >= 11 is 0. The fourth-order valence-electron chi connectivity index (χ4n) is 2.95. The van der Waals surface area contributed by atoms with Gasteiger partial charge in [0, 0.05) is 36.3 Å². The second kappa shape index (κ2) is 5.23. The van der Waals surface area contributed by atoms with E-state index >= 15 is 0 Å². The van der Waals surface area contributed by atoms with E-state index in [1.165, 1.54) is 0 Å². The first-order valence-electron chi connectivity index (χ1n) is 7.54. The van der Waals surface area contributed by atoms with Gasteiger partial charge in [-0.05, 0) is 11.6 Å². The number of hydrogen-bond donors (Lipinski definition) is 1. The van der Waals surface area contributed by atoms with E-state index in [4.69, 9.17) is 4.74 Å². The second-order valence-corrected chi connectivity index (χ2v) is 5.82. The topological polar surface area (TPSA) is 49.5 Å². The van der Waals surface area contributed by atoms with Crippen LogP contribution in [-0.4, -0.2) is 48.1 Å². The summed E-state index contributed by atoms with van der Waals surface area (Å²) in [5.74, 6) is 0.710. The number of aliphatic hydroxyl groups excluding tert-OH is 1. The quantitative estimate of drug-likeness (QED) is 0.731. The molecule has 2 aromatic carbocycles. The van der Waals surface area contributed by atoms with Gasteiger partial charge in [-0.25, -0.2) is 0 Å². The van der Waals surface area contributed by atoms with Crippen molar-refractivity contribution in [1.82, 2.24) is 4.90 Å². The monoisotopic (exact) mass is 295 g/mol. The molecule has 0 bridgehead atoms. The average molecular weight is 295 g/mol. The van der Waals surface area contributed by atoms with Gasteiger partial charge < -0.3 is 9.84 Å². The molecule has 4 rings (SSSR count). The van der Waals surface area contributed by atoms with Crippen molar-refractivity contribution in [2.75, 3.05) is 26.2 Å². The molecule has 4 nitrogen and oxygen atoms in total. The number of aliphatic hydroxyl groups is 1. The molecule has 1 heterocycles. The largest absolute Gasteiger partial charge is 0.490 e. The number of carbonyl (C=O) groups excluding carboxylic acids is 1. The molecule has 2 aliphatic rings. The first-order valence-corrected chi connectivity index (χ1v) is 7.54. The van der Waals surface area contributed by atoms with Crippen LogP contribution in [0.3, 0.4) is 0 Å². The average Bonchev–Trinajstić information content (AvgIpc) is 3.30. The minimum absolute atomic E-state index is 0.0423. The lowest BCUT2D eigenvalue weighted by Gasteiger charge is -2.15. The Morgan fingerprint density at radius 2 is 1.77 bits per heavy atom. The van der Waals surface area contributed by atoms with Crippen LogP contribution in [0.15, 0.2) is 42.5 Å². The van der Waals surface area contributed by atoms with Crippen LogP contribution in [0.1, 0.15) is 15.9 Å². The number of ether oxygens (including phenoxy) is 1. The molecule has 1 N–H and O–H groups in total. The van der Waals surface area contributed by atoms with Crippen molar-refractivity contribution >= 4 is 5.78 Å². The number of fused-ring (bicyclic) bond motifs is 3. The Kier molecular flexibility index (Phi) is 3.21. The summed E-state index contributed by atoms with van der Waals surface area (Å²) in [6.45, 7) is 2.99. The van der Waals surface area contributed by atoms with E-state index in [9.17, 15) is 9.90 Å². The number of ketones is 1. The second-order valence-electron chi connectivity index (χ2n) is 5.82. The van der Waals surface area contributed by atoms with Crippen molar-refractivity contribution in [3.05, 3.63) is 53.6 Å². The van der Waals surface area contributed by atoms with Gasteiger partial charge in [0.2, 0.25) is 0 Å². The molecule has 1 atom stereocenters. The molecular weight excluding hydrogens is 278 g/mol. The fourth-order valence-corrected chi connectivity index (χ4v) is 2.95. The Bertz CT molecular complexity index is 737. The van der Waals surface area contributed by atoms with Crippen molar-refractivity contribution < 1.29 is 14.6 Å². The molecule has 1 fully saturated rings. The fraction of sp³-hybridized carbons (Fsp3) is 0.278. The van der Waals surface area contributed by atoms with E-state index < -0.39 is 6.10 Å². The van der Waals surface area contributed by atoms with Crippen molar-refractivity contribution in [2.45, 2.75) is 6.10 Å². The van der Waals surface area contributed by atoms with Crippen molar-refractivity contribution in [3.8, 4) is 16.9 Å². The Morgan fingerprint density at radius 3 is 2.55 bits per heavy atom. The zero-order chi connectivity index (χ0) is 15.1. The van der Waals surface area contributed by atoms with Gasteiger partial charge in [-0.3, -0.25) is 9.69 Å². The molecule has 0 amide bonds. The Morgan fingerprint density at radius 1 is 1.05 bits per heavy atom. The third-order valence-corrected chi connectivity index (χ3v) is 4.15. The van der Waals surface area contributed by atoms with Gasteiger partial charge in [0.05, 0.1) is 0 Å². The predicted molar refractivity (Wildman–Crippen MR) is 83.3 cm³/mol. The summed E-state index contributed by atoms with van der Waals surface area (Å²) in [4.78, 5) is 14.6. The highest BCUT2D eigenvalue weighted by Gasteiger charge is 2.29. The van der Waals surface area contributed by atoms with Crippen molar-refractivity contribution in [2.24, 2.45) is 0 Å². The Hall–Kier alpha value is -2.17. The summed E-state index contributed by atoms with van der Waals surface area (Å²) < 4.78 is 5.82. The van der Waals surface area contributed by atoms with Gasteiger partial charge in [0.25, 0.3) is 0 Å². The molecule has 112 valence electrons. The van der Waals surface area contributed by atoms with Crippen molar-refractivity contribution in [1.29, 1.82) is 0 Å². The normalized spacial score (nSPS) is 17.0. The Balaban J connectivity index is 1.61. The highest BCUT2D eigenvalue weighted by atomic mass is 16.5. The molecule has 1 aliphatic heterocycles. The molecule has 2 aromatic rings. The molecule has 4 heteroatoms. The van der Waals surface area contributed by atoms with E-state index in [1.54, 1.807) is 0 Å². The number of benzene rings is 2. The van der Waals surface area contributed by atoms with Crippen LogP contribution in [0.25, 0.3) is 11.1 Å².